The van der Waals surface area contributed by atoms with Gasteiger partial charge >= 0.3 is 0 Å². The van der Waals surface area contributed by atoms with E-state index >= 15 is 0 Å². The molecule has 0 aliphatic carbocycles. The van der Waals surface area contributed by atoms with Crippen molar-refractivity contribution in [2.75, 3.05) is 0 Å². The zero-order chi connectivity index (χ0) is 12.0. The largest absolute Gasteiger partial charge is 0.248 e. The molecule has 1 heteroatoms. The molecule has 0 amide bonds. The maximum absolute atomic E-state index is 4.54. The molecule has 1 heterocycles. The molecule has 0 aliphatic rings. The van der Waals surface area contributed by atoms with Crippen LogP contribution in [0.2, 0.25) is 0 Å². The first-order valence-electron chi connectivity index (χ1n) is 5.32. The van der Waals surface area contributed by atoms with Gasteiger partial charge in [0.25, 0.3) is 0 Å². The molecule has 0 bridgehead atoms. The van der Waals surface area contributed by atoms with E-state index in [9.17, 15) is 0 Å². The summed E-state index contributed by atoms with van der Waals surface area (Å²) in [7, 11) is 0. The van der Waals surface area contributed by atoms with E-state index in [1.165, 1.54) is 0 Å². The van der Waals surface area contributed by atoms with Gasteiger partial charge in [0.1, 0.15) is 0 Å². The van der Waals surface area contributed by atoms with E-state index in [2.05, 4.69) is 24.2 Å². The van der Waals surface area contributed by atoms with Crippen LogP contribution in [0.15, 0.2) is 31.4 Å². The predicted molar refractivity (Wildman–Crippen MR) is 73.1 cm³/mol. The van der Waals surface area contributed by atoms with Crippen molar-refractivity contribution in [3.05, 3.63) is 53.2 Å². The SMILES string of the molecule is C=C/C=c1/cc(/C=C\C)c(C=C)n/c1=C/C. The maximum Gasteiger partial charge on any atom is 0.0703 e. The maximum atomic E-state index is 4.54. The zero-order valence-corrected chi connectivity index (χ0v) is 9.90. The Bertz CT molecular complexity index is 533. The molecule has 0 atom stereocenters. The van der Waals surface area contributed by atoms with Crippen molar-refractivity contribution in [1.29, 1.82) is 0 Å². The average Bonchev–Trinajstić information content (AvgIpc) is 2.30. The fourth-order valence-electron chi connectivity index (χ4n) is 1.54. The van der Waals surface area contributed by atoms with E-state index in [-0.39, 0.29) is 0 Å². The van der Waals surface area contributed by atoms with Crippen molar-refractivity contribution in [3.63, 3.8) is 0 Å². The third kappa shape index (κ3) is 2.57. The normalized spacial score (nSPS) is 13.4. The van der Waals surface area contributed by atoms with Gasteiger partial charge in [0.2, 0.25) is 0 Å². The molecule has 0 saturated carbocycles. The van der Waals surface area contributed by atoms with Gasteiger partial charge in [-0.3, -0.25) is 0 Å². The predicted octanol–water partition coefficient (Wildman–Crippen LogP) is 2.52. The van der Waals surface area contributed by atoms with Crippen molar-refractivity contribution < 1.29 is 0 Å². The number of rotatable bonds is 3. The van der Waals surface area contributed by atoms with E-state index < -0.39 is 0 Å². The van der Waals surface area contributed by atoms with Crippen LogP contribution in [0.5, 0.6) is 0 Å². The Kier molecular flexibility index (Phi) is 4.46. The summed E-state index contributed by atoms with van der Waals surface area (Å²) in [5, 5.41) is 2.04. The Balaban J connectivity index is 3.67. The second-order valence-electron chi connectivity index (χ2n) is 3.33. The molecular weight excluding hydrogens is 194 g/mol. The molecule has 1 rings (SSSR count). The number of hydrogen-bond acceptors (Lipinski definition) is 1. The molecule has 1 aromatic heterocycles. The molecule has 1 aromatic rings. The highest BCUT2D eigenvalue weighted by Gasteiger charge is 1.97. The highest BCUT2D eigenvalue weighted by molar-refractivity contribution is 5.62. The van der Waals surface area contributed by atoms with Crippen molar-refractivity contribution in [2.24, 2.45) is 0 Å². The smallest absolute Gasteiger partial charge is 0.0703 e. The molecule has 0 fully saturated rings. The van der Waals surface area contributed by atoms with Crippen LogP contribution in [0.3, 0.4) is 0 Å². The molecule has 0 radical (unpaired) electrons. The Morgan fingerprint density at radius 1 is 1.25 bits per heavy atom. The van der Waals surface area contributed by atoms with E-state index in [1.54, 1.807) is 12.2 Å². The minimum atomic E-state index is 0.910. The van der Waals surface area contributed by atoms with Gasteiger partial charge in [-0.15, -0.1) is 0 Å². The highest BCUT2D eigenvalue weighted by Crippen LogP contribution is 2.05. The Labute approximate surface area is 96.9 Å². The molecule has 0 aliphatic heterocycles. The Morgan fingerprint density at radius 3 is 2.50 bits per heavy atom. The monoisotopic (exact) mass is 211 g/mol. The van der Waals surface area contributed by atoms with E-state index in [0.29, 0.717) is 0 Å². The summed E-state index contributed by atoms with van der Waals surface area (Å²) in [6.45, 7) is 11.5. The highest BCUT2D eigenvalue weighted by atomic mass is 14.7. The summed E-state index contributed by atoms with van der Waals surface area (Å²) in [4.78, 5) is 4.54. The third-order valence-electron chi connectivity index (χ3n) is 2.25. The molecule has 0 aromatic carbocycles. The number of hydrogen-bond donors (Lipinski definition) is 0. The van der Waals surface area contributed by atoms with Crippen LogP contribution >= 0.6 is 0 Å². The fraction of sp³-hybridized carbons (Fsp3) is 0.133. The fourth-order valence-corrected chi connectivity index (χ4v) is 1.54. The summed E-state index contributed by atoms with van der Waals surface area (Å²) >= 11 is 0. The lowest BCUT2D eigenvalue weighted by molar-refractivity contribution is 1.18. The summed E-state index contributed by atoms with van der Waals surface area (Å²) in [6.07, 6.45) is 11.5. The zero-order valence-electron chi connectivity index (χ0n) is 9.90. The van der Waals surface area contributed by atoms with Crippen molar-refractivity contribution in [2.45, 2.75) is 13.8 Å². The molecular formula is C15H17N. The van der Waals surface area contributed by atoms with Crippen molar-refractivity contribution >= 4 is 24.3 Å². The molecule has 82 valence electrons. The standard InChI is InChI=1S/C15H17N/c1-5-9-12-11-13(10-6-2)15(8-4)16-14(12)7-3/h5-11H,1,4H2,2-3H3/b10-6-,12-9-,14-7+. The molecule has 0 saturated heterocycles. The number of nitrogens with zero attached hydrogens (tertiary/aromatic N) is 1. The van der Waals surface area contributed by atoms with Crippen LogP contribution < -0.4 is 10.6 Å². The van der Waals surface area contributed by atoms with Crippen LogP contribution in [-0.4, -0.2) is 4.98 Å². The lowest BCUT2D eigenvalue weighted by Gasteiger charge is -2.00. The average molecular weight is 211 g/mol. The Morgan fingerprint density at radius 2 is 2.00 bits per heavy atom. The van der Waals surface area contributed by atoms with Gasteiger partial charge in [-0.2, -0.15) is 0 Å². The summed E-state index contributed by atoms with van der Waals surface area (Å²) in [5.74, 6) is 0. The molecule has 16 heavy (non-hydrogen) atoms. The van der Waals surface area contributed by atoms with Gasteiger partial charge in [0.15, 0.2) is 0 Å². The molecule has 0 spiro atoms. The van der Waals surface area contributed by atoms with Gasteiger partial charge in [-0.1, -0.05) is 43.5 Å². The van der Waals surface area contributed by atoms with Crippen LogP contribution in [0.1, 0.15) is 25.1 Å². The van der Waals surface area contributed by atoms with Crippen LogP contribution in [0.4, 0.5) is 0 Å². The van der Waals surface area contributed by atoms with Gasteiger partial charge < -0.3 is 0 Å². The second-order valence-corrected chi connectivity index (χ2v) is 3.33. The lowest BCUT2D eigenvalue weighted by Crippen LogP contribution is -2.29. The first kappa shape index (κ1) is 12.2. The summed E-state index contributed by atoms with van der Waals surface area (Å²) < 4.78 is 0. The molecule has 1 nitrogen and oxygen atoms in total. The molecule has 0 unspecified atom stereocenters. The number of aromatic nitrogens is 1. The quantitative estimate of drug-likeness (QED) is 0.748. The number of pyridine rings is 1. The van der Waals surface area contributed by atoms with Crippen molar-refractivity contribution in [1.82, 2.24) is 4.98 Å². The van der Waals surface area contributed by atoms with Gasteiger partial charge in [0.05, 0.1) is 11.0 Å². The van der Waals surface area contributed by atoms with Gasteiger partial charge in [0, 0.05) is 10.8 Å². The first-order chi connectivity index (χ1) is 7.76. The van der Waals surface area contributed by atoms with Gasteiger partial charge in [-0.05, 0) is 26.0 Å². The van der Waals surface area contributed by atoms with Crippen LogP contribution in [0, 0.1) is 0 Å². The van der Waals surface area contributed by atoms with Crippen molar-refractivity contribution in [3.8, 4) is 0 Å². The van der Waals surface area contributed by atoms with Crippen LogP contribution in [0.25, 0.3) is 24.3 Å². The second kappa shape index (κ2) is 5.86. The van der Waals surface area contributed by atoms with E-state index in [4.69, 9.17) is 0 Å². The van der Waals surface area contributed by atoms with E-state index in [1.807, 2.05) is 38.2 Å². The third-order valence-corrected chi connectivity index (χ3v) is 2.25. The van der Waals surface area contributed by atoms with Crippen LogP contribution in [-0.2, 0) is 0 Å². The molecule has 0 N–H and O–H groups in total. The minimum Gasteiger partial charge on any atom is -0.248 e. The first-order valence-corrected chi connectivity index (χ1v) is 5.32. The van der Waals surface area contributed by atoms with E-state index in [0.717, 1.165) is 21.8 Å². The topological polar surface area (TPSA) is 12.9 Å². The number of allylic oxidation sites excluding steroid dienone is 2. The Hall–Kier alpha value is -1.89. The minimum absolute atomic E-state index is 0.910. The lowest BCUT2D eigenvalue weighted by atomic mass is 10.1. The summed E-state index contributed by atoms with van der Waals surface area (Å²) in [5.41, 5.74) is 1.99. The summed E-state index contributed by atoms with van der Waals surface area (Å²) in [6, 6.07) is 2.10. The van der Waals surface area contributed by atoms with Gasteiger partial charge in [-0.25, -0.2) is 4.98 Å².